The van der Waals surface area contributed by atoms with E-state index in [1.165, 1.54) is 10.7 Å². The minimum atomic E-state index is -0.615. The third-order valence-electron chi connectivity index (χ3n) is 6.55. The van der Waals surface area contributed by atoms with Gasteiger partial charge in [-0.15, -0.1) is 10.2 Å². The molecule has 5 rings (SSSR count). The predicted octanol–water partition coefficient (Wildman–Crippen LogP) is 2.80. The van der Waals surface area contributed by atoms with Crippen molar-refractivity contribution >= 4 is 11.7 Å². The Morgan fingerprint density at radius 2 is 1.73 bits per heavy atom. The van der Waals surface area contributed by atoms with E-state index in [2.05, 4.69) is 33.2 Å². The standard InChI is InChI=1S/C25H28N6O2/c1-17-5-3-4-6-20(17)22-9-11-23(27-26-22)29-13-15-30(16-14-29)25(33)18(2)31-24(32)12-10-21(28-31)19-7-8-19/h3-6,9-12,18-19H,7-8,13-16H2,1-2H3. The van der Waals surface area contributed by atoms with Crippen molar-refractivity contribution < 1.29 is 4.79 Å². The number of benzene rings is 1. The van der Waals surface area contributed by atoms with Crippen LogP contribution in [0, 0.1) is 6.92 Å². The summed E-state index contributed by atoms with van der Waals surface area (Å²) in [5.41, 5.74) is 3.77. The lowest BCUT2D eigenvalue weighted by Gasteiger charge is -2.36. The van der Waals surface area contributed by atoms with Crippen LogP contribution in [0.5, 0.6) is 0 Å². The zero-order valence-corrected chi connectivity index (χ0v) is 19.0. The topological polar surface area (TPSA) is 84.2 Å². The number of aromatic nitrogens is 4. The molecule has 0 bridgehead atoms. The molecule has 1 atom stereocenters. The summed E-state index contributed by atoms with van der Waals surface area (Å²) in [6.07, 6.45) is 2.20. The monoisotopic (exact) mass is 444 g/mol. The summed E-state index contributed by atoms with van der Waals surface area (Å²) in [4.78, 5) is 29.4. The molecule has 1 unspecified atom stereocenters. The number of nitrogens with zero attached hydrogens (tertiary/aromatic N) is 6. The molecule has 3 heterocycles. The van der Waals surface area contributed by atoms with Crippen LogP contribution in [-0.4, -0.2) is 57.0 Å². The molecule has 0 spiro atoms. The van der Waals surface area contributed by atoms with Gasteiger partial charge in [0, 0.05) is 43.7 Å². The van der Waals surface area contributed by atoms with Gasteiger partial charge in [-0.2, -0.15) is 5.10 Å². The Morgan fingerprint density at radius 3 is 2.39 bits per heavy atom. The minimum Gasteiger partial charge on any atom is -0.352 e. The highest BCUT2D eigenvalue weighted by atomic mass is 16.2. The number of amides is 1. The number of carbonyl (C=O) groups is 1. The van der Waals surface area contributed by atoms with Crippen LogP contribution in [0.3, 0.4) is 0 Å². The van der Waals surface area contributed by atoms with Gasteiger partial charge in [0.15, 0.2) is 5.82 Å². The molecular weight excluding hydrogens is 416 g/mol. The van der Waals surface area contributed by atoms with Crippen LogP contribution in [-0.2, 0) is 4.79 Å². The lowest BCUT2D eigenvalue weighted by atomic mass is 10.1. The number of hydrogen-bond acceptors (Lipinski definition) is 6. The van der Waals surface area contributed by atoms with Gasteiger partial charge < -0.3 is 9.80 Å². The first-order valence-corrected chi connectivity index (χ1v) is 11.5. The van der Waals surface area contributed by atoms with Crippen molar-refractivity contribution in [3.05, 3.63) is 70.1 Å². The van der Waals surface area contributed by atoms with Crippen molar-refractivity contribution in [2.24, 2.45) is 0 Å². The molecule has 170 valence electrons. The van der Waals surface area contributed by atoms with Crippen LogP contribution in [0.2, 0.25) is 0 Å². The summed E-state index contributed by atoms with van der Waals surface area (Å²) in [5.74, 6) is 1.17. The van der Waals surface area contributed by atoms with E-state index < -0.39 is 6.04 Å². The zero-order valence-electron chi connectivity index (χ0n) is 19.0. The highest BCUT2D eigenvalue weighted by Crippen LogP contribution is 2.38. The average Bonchev–Trinajstić information content (AvgIpc) is 3.70. The van der Waals surface area contributed by atoms with Gasteiger partial charge in [-0.25, -0.2) is 4.68 Å². The molecule has 0 radical (unpaired) electrons. The fourth-order valence-electron chi connectivity index (χ4n) is 4.34. The number of rotatable bonds is 5. The molecule has 0 N–H and O–H groups in total. The molecular formula is C25H28N6O2. The van der Waals surface area contributed by atoms with E-state index in [1.54, 1.807) is 13.0 Å². The maximum absolute atomic E-state index is 13.1. The number of carbonyl (C=O) groups excluding carboxylic acids is 1. The highest BCUT2D eigenvalue weighted by Gasteiger charge is 2.30. The fourth-order valence-corrected chi connectivity index (χ4v) is 4.34. The van der Waals surface area contributed by atoms with Gasteiger partial charge in [-0.05, 0) is 50.5 Å². The zero-order chi connectivity index (χ0) is 22.9. The first-order valence-electron chi connectivity index (χ1n) is 11.5. The Morgan fingerprint density at radius 1 is 0.970 bits per heavy atom. The van der Waals surface area contributed by atoms with E-state index >= 15 is 0 Å². The second kappa shape index (κ2) is 8.77. The molecule has 2 aliphatic rings. The van der Waals surface area contributed by atoms with Gasteiger partial charge >= 0.3 is 0 Å². The van der Waals surface area contributed by atoms with Crippen molar-refractivity contribution in [3.63, 3.8) is 0 Å². The van der Waals surface area contributed by atoms with Crippen LogP contribution in [0.15, 0.2) is 53.3 Å². The Bertz CT molecular complexity index is 1210. The Hall–Kier alpha value is -3.55. The van der Waals surface area contributed by atoms with E-state index in [9.17, 15) is 9.59 Å². The van der Waals surface area contributed by atoms with Gasteiger partial charge in [0.1, 0.15) is 6.04 Å². The third-order valence-corrected chi connectivity index (χ3v) is 6.55. The SMILES string of the molecule is Cc1ccccc1-c1ccc(N2CCN(C(=O)C(C)n3nc(C4CC4)ccc3=O)CC2)nn1. The van der Waals surface area contributed by atoms with E-state index in [0.29, 0.717) is 32.1 Å². The molecule has 8 heteroatoms. The largest absolute Gasteiger partial charge is 0.352 e. The van der Waals surface area contributed by atoms with E-state index in [0.717, 1.165) is 41.2 Å². The van der Waals surface area contributed by atoms with Crippen molar-refractivity contribution in [2.75, 3.05) is 31.1 Å². The van der Waals surface area contributed by atoms with Crippen molar-refractivity contribution in [1.82, 2.24) is 24.9 Å². The third kappa shape index (κ3) is 4.37. The van der Waals surface area contributed by atoms with Crippen molar-refractivity contribution in [2.45, 2.75) is 38.6 Å². The summed E-state index contributed by atoms with van der Waals surface area (Å²) < 4.78 is 1.35. The maximum Gasteiger partial charge on any atom is 0.267 e. The quantitative estimate of drug-likeness (QED) is 0.602. The van der Waals surface area contributed by atoms with E-state index in [4.69, 9.17) is 0 Å². The van der Waals surface area contributed by atoms with Crippen molar-refractivity contribution in [1.29, 1.82) is 0 Å². The lowest BCUT2D eigenvalue weighted by molar-refractivity contribution is -0.135. The summed E-state index contributed by atoms with van der Waals surface area (Å²) >= 11 is 0. The van der Waals surface area contributed by atoms with Crippen LogP contribution in [0.25, 0.3) is 11.3 Å². The van der Waals surface area contributed by atoms with Crippen molar-refractivity contribution in [3.8, 4) is 11.3 Å². The van der Waals surface area contributed by atoms with Crippen LogP contribution in [0.4, 0.5) is 5.82 Å². The summed E-state index contributed by atoms with van der Waals surface area (Å²) in [7, 11) is 0. The minimum absolute atomic E-state index is 0.0711. The predicted molar refractivity (Wildman–Crippen MR) is 126 cm³/mol. The molecule has 1 aliphatic carbocycles. The Labute approximate surface area is 192 Å². The number of piperazine rings is 1. The van der Waals surface area contributed by atoms with Crippen LogP contribution < -0.4 is 10.5 Å². The second-order valence-electron chi connectivity index (χ2n) is 8.90. The fraction of sp³-hybridized carbons (Fsp3) is 0.400. The number of hydrogen-bond donors (Lipinski definition) is 0. The van der Waals surface area contributed by atoms with Gasteiger partial charge in [-0.1, -0.05) is 24.3 Å². The normalized spacial score (nSPS) is 17.2. The Balaban J connectivity index is 1.23. The number of anilines is 1. The molecule has 2 fully saturated rings. The van der Waals surface area contributed by atoms with Gasteiger partial charge in [0.25, 0.3) is 5.56 Å². The molecule has 1 aliphatic heterocycles. The summed E-state index contributed by atoms with van der Waals surface area (Å²) in [5, 5.41) is 13.3. The molecule has 33 heavy (non-hydrogen) atoms. The molecule has 8 nitrogen and oxygen atoms in total. The Kier molecular flexibility index (Phi) is 5.66. The smallest absolute Gasteiger partial charge is 0.267 e. The average molecular weight is 445 g/mol. The lowest BCUT2D eigenvalue weighted by Crippen LogP contribution is -2.51. The molecule has 3 aromatic rings. The molecule has 1 saturated heterocycles. The van der Waals surface area contributed by atoms with E-state index in [-0.39, 0.29) is 11.5 Å². The highest BCUT2D eigenvalue weighted by molar-refractivity contribution is 5.80. The van der Waals surface area contributed by atoms with Crippen LogP contribution >= 0.6 is 0 Å². The summed E-state index contributed by atoms with van der Waals surface area (Å²) in [6.45, 7) is 6.30. The first kappa shape index (κ1) is 21.3. The molecule has 1 aromatic carbocycles. The van der Waals surface area contributed by atoms with Gasteiger partial charge in [0.05, 0.1) is 11.4 Å². The maximum atomic E-state index is 13.1. The first-order chi connectivity index (χ1) is 16.0. The second-order valence-corrected chi connectivity index (χ2v) is 8.90. The van der Waals surface area contributed by atoms with E-state index in [1.807, 2.05) is 35.2 Å². The summed E-state index contributed by atoms with van der Waals surface area (Å²) in [6, 6.07) is 14.8. The molecule has 2 aromatic heterocycles. The number of aryl methyl sites for hydroxylation is 1. The van der Waals surface area contributed by atoms with Crippen LogP contribution in [0.1, 0.15) is 43.0 Å². The van der Waals surface area contributed by atoms with Gasteiger partial charge in [-0.3, -0.25) is 9.59 Å². The molecule has 1 amide bonds. The molecule has 1 saturated carbocycles. The van der Waals surface area contributed by atoms with Gasteiger partial charge in [0.2, 0.25) is 5.91 Å².